The monoisotopic (exact) mass is 334 g/mol. The summed E-state index contributed by atoms with van der Waals surface area (Å²) in [5.74, 6) is 2.00. The number of hydrogen-bond donors (Lipinski definition) is 2. The third kappa shape index (κ3) is 3.56. The lowest BCUT2D eigenvalue weighted by Crippen LogP contribution is -2.26. The van der Waals surface area contributed by atoms with Gasteiger partial charge < -0.3 is 15.6 Å². The van der Waals surface area contributed by atoms with Crippen LogP contribution in [-0.2, 0) is 6.42 Å². The fraction of sp³-hybridized carbons (Fsp3) is 0.300. The first-order valence-electron chi connectivity index (χ1n) is 8.75. The molecule has 128 valence electrons. The van der Waals surface area contributed by atoms with Crippen molar-refractivity contribution in [3.8, 4) is 11.3 Å². The lowest BCUT2D eigenvalue weighted by Gasteiger charge is -2.24. The van der Waals surface area contributed by atoms with Gasteiger partial charge in [-0.1, -0.05) is 29.4 Å². The van der Waals surface area contributed by atoms with Crippen LogP contribution in [0.4, 0.5) is 5.82 Å². The van der Waals surface area contributed by atoms with Crippen molar-refractivity contribution in [1.29, 1.82) is 0 Å². The summed E-state index contributed by atoms with van der Waals surface area (Å²) in [5, 5.41) is 7.26. The molecule has 1 fully saturated rings. The molecule has 25 heavy (non-hydrogen) atoms. The Kier molecular flexibility index (Phi) is 4.48. The van der Waals surface area contributed by atoms with E-state index in [1.54, 1.807) is 6.20 Å². The Morgan fingerprint density at radius 2 is 2.00 bits per heavy atom. The van der Waals surface area contributed by atoms with E-state index in [1.165, 1.54) is 24.0 Å². The topological polar surface area (TPSA) is 77.0 Å². The maximum Gasteiger partial charge on any atom is 0.141 e. The van der Waals surface area contributed by atoms with Crippen LogP contribution < -0.4 is 11.1 Å². The Morgan fingerprint density at radius 1 is 1.12 bits per heavy atom. The van der Waals surface area contributed by atoms with E-state index in [4.69, 9.17) is 10.3 Å². The highest BCUT2D eigenvalue weighted by atomic mass is 16.5. The number of pyridine rings is 1. The van der Waals surface area contributed by atoms with E-state index >= 15 is 0 Å². The molecule has 3 N–H and O–H groups in total. The van der Waals surface area contributed by atoms with Crippen molar-refractivity contribution in [2.24, 2.45) is 0 Å². The first kappa shape index (κ1) is 15.8. The van der Waals surface area contributed by atoms with Gasteiger partial charge in [-0.05, 0) is 55.1 Å². The summed E-state index contributed by atoms with van der Waals surface area (Å²) in [6.45, 7) is 2.17. The minimum atomic E-state index is 0.533. The zero-order chi connectivity index (χ0) is 17.1. The molecule has 3 heterocycles. The fourth-order valence-electron chi connectivity index (χ4n) is 3.54. The molecule has 5 nitrogen and oxygen atoms in total. The quantitative estimate of drug-likeness (QED) is 0.765. The molecule has 0 radical (unpaired) electrons. The molecule has 5 heteroatoms. The second kappa shape index (κ2) is 7.07. The Bertz CT molecular complexity index is 839. The first-order valence-corrected chi connectivity index (χ1v) is 8.75. The minimum absolute atomic E-state index is 0.533. The van der Waals surface area contributed by atoms with Crippen LogP contribution >= 0.6 is 0 Å². The summed E-state index contributed by atoms with van der Waals surface area (Å²) in [4.78, 5) is 4.50. The van der Waals surface area contributed by atoms with Crippen LogP contribution in [0, 0.1) is 0 Å². The van der Waals surface area contributed by atoms with E-state index in [1.807, 2.05) is 24.3 Å². The van der Waals surface area contributed by atoms with Gasteiger partial charge in [-0.15, -0.1) is 0 Å². The molecule has 1 aromatic carbocycles. The van der Waals surface area contributed by atoms with Crippen LogP contribution in [0.15, 0.2) is 53.2 Å². The van der Waals surface area contributed by atoms with Crippen molar-refractivity contribution in [2.75, 3.05) is 18.8 Å². The number of nitrogen functional groups attached to an aromatic ring is 1. The van der Waals surface area contributed by atoms with Crippen LogP contribution in [0.5, 0.6) is 0 Å². The molecule has 0 saturated carbocycles. The molecule has 3 aromatic rings. The number of anilines is 1. The summed E-state index contributed by atoms with van der Waals surface area (Å²) in [6.07, 6.45) is 4.74. The predicted molar refractivity (Wildman–Crippen MR) is 98.2 cm³/mol. The molecule has 1 aliphatic heterocycles. The molecule has 0 atom stereocenters. The second-order valence-electron chi connectivity index (χ2n) is 6.54. The van der Waals surface area contributed by atoms with Gasteiger partial charge in [-0.25, -0.2) is 4.98 Å². The van der Waals surface area contributed by atoms with Crippen LogP contribution in [0.3, 0.4) is 0 Å². The van der Waals surface area contributed by atoms with Gasteiger partial charge in [0, 0.05) is 18.1 Å². The SMILES string of the molecule is Nc1cccc(-c2ccc(C3CCNCC3)cc2Cc2ccno2)n1. The number of nitrogens with zero attached hydrogens (tertiary/aromatic N) is 2. The number of nitrogens with two attached hydrogens (primary N) is 1. The van der Waals surface area contributed by atoms with Crippen LogP contribution in [0.2, 0.25) is 0 Å². The zero-order valence-corrected chi connectivity index (χ0v) is 14.1. The van der Waals surface area contributed by atoms with E-state index < -0.39 is 0 Å². The molecule has 1 saturated heterocycles. The Labute approximate surface area is 147 Å². The maximum atomic E-state index is 5.88. The number of nitrogens with one attached hydrogen (secondary N) is 1. The van der Waals surface area contributed by atoms with E-state index in [0.717, 1.165) is 30.1 Å². The van der Waals surface area contributed by atoms with Gasteiger partial charge in [0.1, 0.15) is 11.6 Å². The Balaban J connectivity index is 1.74. The van der Waals surface area contributed by atoms with Crippen molar-refractivity contribution in [1.82, 2.24) is 15.5 Å². The zero-order valence-electron chi connectivity index (χ0n) is 14.1. The Morgan fingerprint density at radius 3 is 2.76 bits per heavy atom. The molecule has 1 aliphatic rings. The molecule has 0 bridgehead atoms. The summed E-state index contributed by atoms with van der Waals surface area (Å²) in [6, 6.07) is 14.4. The smallest absolute Gasteiger partial charge is 0.141 e. The largest absolute Gasteiger partial charge is 0.384 e. The highest BCUT2D eigenvalue weighted by Crippen LogP contribution is 2.31. The maximum absolute atomic E-state index is 5.88. The lowest BCUT2D eigenvalue weighted by atomic mass is 9.87. The number of benzene rings is 1. The van der Waals surface area contributed by atoms with Crippen molar-refractivity contribution in [3.63, 3.8) is 0 Å². The standard InChI is InChI=1S/C20H22N4O/c21-20-3-1-2-19(24-20)18-5-4-15(14-6-9-22-10-7-14)12-16(18)13-17-8-11-23-25-17/h1-5,8,11-12,14,22H,6-7,9-10,13H2,(H2,21,24). The van der Waals surface area contributed by atoms with Crippen molar-refractivity contribution < 1.29 is 4.52 Å². The fourth-order valence-corrected chi connectivity index (χ4v) is 3.54. The van der Waals surface area contributed by atoms with Gasteiger partial charge in [0.15, 0.2) is 0 Å². The highest BCUT2D eigenvalue weighted by molar-refractivity contribution is 5.66. The molecule has 0 amide bonds. The summed E-state index contributed by atoms with van der Waals surface area (Å²) < 4.78 is 5.33. The summed E-state index contributed by atoms with van der Waals surface area (Å²) in [5.41, 5.74) is 10.5. The summed E-state index contributed by atoms with van der Waals surface area (Å²) >= 11 is 0. The average Bonchev–Trinajstić information content (AvgIpc) is 3.15. The van der Waals surface area contributed by atoms with Gasteiger partial charge in [0.2, 0.25) is 0 Å². The number of hydrogen-bond acceptors (Lipinski definition) is 5. The van der Waals surface area contributed by atoms with Gasteiger partial charge in [0.05, 0.1) is 11.9 Å². The van der Waals surface area contributed by atoms with Crippen LogP contribution in [0.1, 0.15) is 35.6 Å². The predicted octanol–water partition coefficient (Wildman–Crippen LogP) is 3.38. The van der Waals surface area contributed by atoms with E-state index in [2.05, 4.69) is 33.7 Å². The van der Waals surface area contributed by atoms with Gasteiger partial charge >= 0.3 is 0 Å². The highest BCUT2D eigenvalue weighted by Gasteiger charge is 2.18. The van der Waals surface area contributed by atoms with E-state index in [-0.39, 0.29) is 0 Å². The lowest BCUT2D eigenvalue weighted by molar-refractivity contribution is 0.389. The number of rotatable bonds is 4. The molecule has 0 spiro atoms. The van der Waals surface area contributed by atoms with Crippen molar-refractivity contribution in [2.45, 2.75) is 25.2 Å². The third-order valence-electron chi connectivity index (χ3n) is 4.84. The second-order valence-corrected chi connectivity index (χ2v) is 6.54. The van der Waals surface area contributed by atoms with Crippen molar-refractivity contribution >= 4 is 5.82 Å². The molecular weight excluding hydrogens is 312 g/mol. The van der Waals surface area contributed by atoms with E-state index in [0.29, 0.717) is 18.2 Å². The molecule has 4 rings (SSSR count). The molecule has 2 aromatic heterocycles. The number of piperidine rings is 1. The average molecular weight is 334 g/mol. The normalized spacial score (nSPS) is 15.4. The van der Waals surface area contributed by atoms with Crippen LogP contribution in [0.25, 0.3) is 11.3 Å². The minimum Gasteiger partial charge on any atom is -0.384 e. The van der Waals surface area contributed by atoms with Crippen LogP contribution in [-0.4, -0.2) is 23.2 Å². The van der Waals surface area contributed by atoms with Crippen molar-refractivity contribution in [3.05, 3.63) is 65.5 Å². The Hall–Kier alpha value is -2.66. The van der Waals surface area contributed by atoms with Gasteiger partial charge in [-0.3, -0.25) is 0 Å². The van der Waals surface area contributed by atoms with E-state index in [9.17, 15) is 0 Å². The molecular formula is C20H22N4O. The summed E-state index contributed by atoms with van der Waals surface area (Å²) in [7, 11) is 0. The molecule has 0 unspecified atom stereocenters. The number of aromatic nitrogens is 2. The van der Waals surface area contributed by atoms with Gasteiger partial charge in [-0.2, -0.15) is 0 Å². The third-order valence-corrected chi connectivity index (χ3v) is 4.84. The molecule has 0 aliphatic carbocycles. The van der Waals surface area contributed by atoms with Gasteiger partial charge in [0.25, 0.3) is 0 Å². The first-order chi connectivity index (χ1) is 12.3.